The first-order valence-electron chi connectivity index (χ1n) is 8.62. The van der Waals surface area contributed by atoms with E-state index in [1.54, 1.807) is 6.07 Å². The van der Waals surface area contributed by atoms with E-state index in [4.69, 9.17) is 4.74 Å². The number of amides is 1. The summed E-state index contributed by atoms with van der Waals surface area (Å²) >= 11 is 1.53. The predicted molar refractivity (Wildman–Crippen MR) is 97.4 cm³/mol. The highest BCUT2D eigenvalue weighted by Crippen LogP contribution is 2.36. The second-order valence-electron chi connectivity index (χ2n) is 6.88. The van der Waals surface area contributed by atoms with Crippen LogP contribution in [0.3, 0.4) is 0 Å². The molecule has 25 heavy (non-hydrogen) atoms. The summed E-state index contributed by atoms with van der Waals surface area (Å²) < 4.78 is 19.3. The maximum Gasteiger partial charge on any atom is 0.411 e. The Morgan fingerprint density at radius 2 is 2.04 bits per heavy atom. The fourth-order valence-electron chi connectivity index (χ4n) is 4.03. The smallest absolute Gasteiger partial charge is 0.411 e. The van der Waals surface area contributed by atoms with E-state index in [1.165, 1.54) is 36.3 Å². The highest BCUT2D eigenvalue weighted by atomic mass is 32.1. The SMILES string of the molecule is CN1[C@H]2CC[C@H]1CC(OC(=O)Nc1ccc(F)cc1-c1ccsc1)C2. The van der Waals surface area contributed by atoms with E-state index in [0.717, 1.165) is 18.4 Å². The molecule has 1 aromatic carbocycles. The molecule has 2 aliphatic rings. The van der Waals surface area contributed by atoms with Crippen molar-refractivity contribution in [2.24, 2.45) is 0 Å². The summed E-state index contributed by atoms with van der Waals surface area (Å²) in [4.78, 5) is 14.8. The van der Waals surface area contributed by atoms with E-state index in [-0.39, 0.29) is 11.9 Å². The summed E-state index contributed by atoms with van der Waals surface area (Å²) in [5, 5.41) is 6.66. The van der Waals surface area contributed by atoms with E-state index < -0.39 is 6.09 Å². The minimum absolute atomic E-state index is 0.0428. The molecule has 0 aliphatic carbocycles. The van der Waals surface area contributed by atoms with Gasteiger partial charge in [-0.15, -0.1) is 0 Å². The molecular formula is C19H21FN2O2S. The molecule has 3 heterocycles. The van der Waals surface area contributed by atoms with Crippen LogP contribution in [0.4, 0.5) is 14.9 Å². The van der Waals surface area contributed by atoms with Crippen molar-refractivity contribution in [3.8, 4) is 11.1 Å². The van der Waals surface area contributed by atoms with Crippen molar-refractivity contribution >= 4 is 23.1 Å². The van der Waals surface area contributed by atoms with Crippen LogP contribution in [0.5, 0.6) is 0 Å². The lowest BCUT2D eigenvalue weighted by atomic mass is 10.0. The van der Waals surface area contributed by atoms with Crippen LogP contribution in [0.15, 0.2) is 35.0 Å². The molecule has 0 saturated carbocycles. The molecule has 0 spiro atoms. The fraction of sp³-hybridized carbons (Fsp3) is 0.421. The molecule has 2 bridgehead atoms. The van der Waals surface area contributed by atoms with Crippen LogP contribution in [-0.2, 0) is 4.74 Å². The Morgan fingerprint density at radius 1 is 1.28 bits per heavy atom. The Bertz CT molecular complexity index is 751. The number of nitrogens with zero attached hydrogens (tertiary/aromatic N) is 1. The zero-order chi connectivity index (χ0) is 17.4. The molecular weight excluding hydrogens is 339 g/mol. The predicted octanol–water partition coefficient (Wildman–Crippen LogP) is 4.73. The van der Waals surface area contributed by atoms with Gasteiger partial charge in [0, 0.05) is 30.5 Å². The normalized spacial score (nSPS) is 25.8. The Kier molecular flexibility index (Phi) is 4.48. The lowest BCUT2D eigenvalue weighted by Crippen LogP contribution is -2.43. The number of anilines is 1. The fourth-order valence-corrected chi connectivity index (χ4v) is 4.69. The first kappa shape index (κ1) is 16.5. The second kappa shape index (κ2) is 6.77. The first-order valence-corrected chi connectivity index (χ1v) is 9.56. The van der Waals surface area contributed by atoms with Gasteiger partial charge in [0.15, 0.2) is 0 Å². The molecule has 1 N–H and O–H groups in total. The number of thiophene rings is 1. The van der Waals surface area contributed by atoms with E-state index in [2.05, 4.69) is 17.3 Å². The van der Waals surface area contributed by atoms with Crippen molar-refractivity contribution in [3.05, 3.63) is 40.8 Å². The molecule has 4 nitrogen and oxygen atoms in total. The van der Waals surface area contributed by atoms with Gasteiger partial charge in [-0.05, 0) is 60.5 Å². The van der Waals surface area contributed by atoms with Crippen molar-refractivity contribution in [1.82, 2.24) is 4.90 Å². The number of benzene rings is 1. The van der Waals surface area contributed by atoms with Crippen molar-refractivity contribution in [3.63, 3.8) is 0 Å². The van der Waals surface area contributed by atoms with Gasteiger partial charge in [-0.2, -0.15) is 11.3 Å². The summed E-state index contributed by atoms with van der Waals surface area (Å²) in [6.45, 7) is 0. The number of piperidine rings is 1. The maximum absolute atomic E-state index is 13.6. The van der Waals surface area contributed by atoms with Gasteiger partial charge in [-0.25, -0.2) is 9.18 Å². The van der Waals surface area contributed by atoms with Gasteiger partial charge < -0.3 is 9.64 Å². The van der Waals surface area contributed by atoms with Crippen molar-refractivity contribution in [2.45, 2.75) is 43.9 Å². The molecule has 2 aromatic rings. The van der Waals surface area contributed by atoms with Crippen LogP contribution in [0.2, 0.25) is 0 Å². The molecule has 0 radical (unpaired) electrons. The van der Waals surface area contributed by atoms with Gasteiger partial charge in [0.05, 0.1) is 5.69 Å². The molecule has 6 heteroatoms. The number of halogens is 1. The average Bonchev–Trinajstić information content (AvgIpc) is 3.16. The molecule has 4 rings (SSSR count). The van der Waals surface area contributed by atoms with E-state index in [1.807, 2.05) is 16.8 Å². The lowest BCUT2D eigenvalue weighted by molar-refractivity contribution is 0.0348. The van der Waals surface area contributed by atoms with Gasteiger partial charge in [0.25, 0.3) is 0 Å². The minimum atomic E-state index is -0.461. The third kappa shape index (κ3) is 3.41. The number of fused-ring (bicyclic) bond motifs is 2. The number of ether oxygens (including phenoxy) is 1. The zero-order valence-electron chi connectivity index (χ0n) is 14.1. The Balaban J connectivity index is 1.45. The second-order valence-corrected chi connectivity index (χ2v) is 7.66. The summed E-state index contributed by atoms with van der Waals surface area (Å²) in [5.74, 6) is -0.327. The molecule has 1 aromatic heterocycles. The number of carbonyl (C=O) groups excluding carboxylic acids is 1. The highest BCUT2D eigenvalue weighted by Gasteiger charge is 2.39. The minimum Gasteiger partial charge on any atom is -0.446 e. The number of rotatable bonds is 3. The number of hydrogen-bond donors (Lipinski definition) is 1. The number of hydrogen-bond acceptors (Lipinski definition) is 4. The van der Waals surface area contributed by atoms with Crippen LogP contribution in [0, 0.1) is 5.82 Å². The molecule has 2 fully saturated rings. The summed E-state index contributed by atoms with van der Waals surface area (Å²) in [6.07, 6.45) is 3.64. The summed E-state index contributed by atoms with van der Waals surface area (Å²) in [6, 6.07) is 7.31. The summed E-state index contributed by atoms with van der Waals surface area (Å²) in [7, 11) is 2.16. The van der Waals surface area contributed by atoms with Gasteiger partial charge >= 0.3 is 6.09 Å². The number of carbonyl (C=O) groups is 1. The van der Waals surface area contributed by atoms with Crippen molar-refractivity contribution < 1.29 is 13.9 Å². The van der Waals surface area contributed by atoms with Gasteiger partial charge in [0.2, 0.25) is 0 Å². The molecule has 2 aliphatic heterocycles. The van der Waals surface area contributed by atoms with Crippen LogP contribution in [0.1, 0.15) is 25.7 Å². The Labute approximate surface area is 150 Å². The van der Waals surface area contributed by atoms with Gasteiger partial charge in [-0.3, -0.25) is 5.32 Å². The maximum atomic E-state index is 13.6. The van der Waals surface area contributed by atoms with Crippen LogP contribution in [-0.4, -0.2) is 36.2 Å². The Morgan fingerprint density at radius 3 is 2.72 bits per heavy atom. The van der Waals surface area contributed by atoms with Crippen molar-refractivity contribution in [1.29, 1.82) is 0 Å². The van der Waals surface area contributed by atoms with Crippen LogP contribution >= 0.6 is 11.3 Å². The van der Waals surface area contributed by atoms with E-state index >= 15 is 0 Å². The monoisotopic (exact) mass is 360 g/mol. The van der Waals surface area contributed by atoms with Gasteiger partial charge in [0.1, 0.15) is 11.9 Å². The number of nitrogens with one attached hydrogen (secondary N) is 1. The standard InChI is InChI=1S/C19H21FN2O2S/c1-22-14-3-4-15(22)10-16(9-14)24-19(23)21-18-5-2-13(20)8-17(18)12-6-7-25-11-12/h2,5-8,11,14-16H,3-4,9-10H2,1H3,(H,21,23)/t14-,15-/m0/s1. The largest absolute Gasteiger partial charge is 0.446 e. The molecule has 132 valence electrons. The van der Waals surface area contributed by atoms with Gasteiger partial charge in [-0.1, -0.05) is 0 Å². The third-order valence-electron chi connectivity index (χ3n) is 5.38. The third-order valence-corrected chi connectivity index (χ3v) is 6.06. The quantitative estimate of drug-likeness (QED) is 0.860. The van der Waals surface area contributed by atoms with Crippen LogP contribution in [0.25, 0.3) is 11.1 Å². The highest BCUT2D eigenvalue weighted by molar-refractivity contribution is 7.08. The average molecular weight is 360 g/mol. The lowest BCUT2D eigenvalue weighted by Gasteiger charge is -2.35. The van der Waals surface area contributed by atoms with Crippen LogP contribution < -0.4 is 5.32 Å². The zero-order valence-corrected chi connectivity index (χ0v) is 14.9. The first-order chi connectivity index (χ1) is 12.1. The summed E-state index contributed by atoms with van der Waals surface area (Å²) in [5.41, 5.74) is 2.12. The molecule has 1 amide bonds. The molecule has 2 atom stereocenters. The Hall–Kier alpha value is -1.92. The molecule has 2 saturated heterocycles. The molecule has 0 unspecified atom stereocenters. The van der Waals surface area contributed by atoms with E-state index in [9.17, 15) is 9.18 Å². The van der Waals surface area contributed by atoms with Crippen molar-refractivity contribution in [2.75, 3.05) is 12.4 Å². The van der Waals surface area contributed by atoms with E-state index in [0.29, 0.717) is 23.3 Å². The topological polar surface area (TPSA) is 41.6 Å².